The molecule has 0 radical (unpaired) electrons. The smallest absolute Gasteiger partial charge is 0.258 e. The Bertz CT molecular complexity index is 445. The number of piperidine rings is 1. The summed E-state index contributed by atoms with van der Waals surface area (Å²) in [5, 5.41) is 3.90. The molecule has 0 aromatic carbocycles. The quantitative estimate of drug-likeness (QED) is 0.920. The van der Waals surface area contributed by atoms with Crippen LogP contribution in [0.3, 0.4) is 0 Å². The van der Waals surface area contributed by atoms with Crippen molar-refractivity contribution >= 4 is 22.4 Å². The Hall–Kier alpha value is -1.14. The van der Waals surface area contributed by atoms with E-state index in [1.54, 1.807) is 0 Å². The molecule has 0 saturated carbocycles. The maximum absolute atomic E-state index is 12.6. The fourth-order valence-electron chi connectivity index (χ4n) is 2.44. The molecule has 0 bridgehead atoms. The third-order valence-electron chi connectivity index (χ3n) is 3.37. The molecule has 2 rings (SSSR count). The second kappa shape index (κ2) is 6.34. The van der Waals surface area contributed by atoms with E-state index in [0.29, 0.717) is 18.7 Å². The first-order valence-corrected chi connectivity index (χ1v) is 7.49. The van der Waals surface area contributed by atoms with Crippen molar-refractivity contribution in [3.05, 3.63) is 11.3 Å². The standard InChI is InChI=1S/C13H21N3O2S/c1-4-18-10-6-5-7-16(8-10)13(17)11-9(2)15-19-12(11)14-3/h10,14H,4-8H2,1-3H3/t10-/m0/s1. The van der Waals surface area contributed by atoms with E-state index >= 15 is 0 Å². The van der Waals surface area contributed by atoms with Gasteiger partial charge in [-0.25, -0.2) is 0 Å². The van der Waals surface area contributed by atoms with E-state index in [1.807, 2.05) is 25.8 Å². The molecule has 1 aliphatic rings. The number of aromatic nitrogens is 1. The van der Waals surface area contributed by atoms with Crippen molar-refractivity contribution in [2.45, 2.75) is 32.8 Å². The molecule has 2 heterocycles. The number of anilines is 1. The van der Waals surface area contributed by atoms with E-state index in [0.717, 1.165) is 30.1 Å². The lowest BCUT2D eigenvalue weighted by atomic mass is 10.1. The maximum atomic E-state index is 12.6. The summed E-state index contributed by atoms with van der Waals surface area (Å²) in [6.07, 6.45) is 2.21. The van der Waals surface area contributed by atoms with Crippen molar-refractivity contribution in [2.75, 3.05) is 32.1 Å². The minimum atomic E-state index is 0.0694. The first kappa shape index (κ1) is 14.3. The van der Waals surface area contributed by atoms with Crippen molar-refractivity contribution in [3.8, 4) is 0 Å². The van der Waals surface area contributed by atoms with E-state index in [2.05, 4.69) is 9.69 Å². The number of hydrogen-bond donors (Lipinski definition) is 1. The average molecular weight is 283 g/mol. The summed E-state index contributed by atoms with van der Waals surface area (Å²) in [5.74, 6) is 0.0694. The van der Waals surface area contributed by atoms with Gasteiger partial charge >= 0.3 is 0 Å². The van der Waals surface area contributed by atoms with Gasteiger partial charge < -0.3 is 15.0 Å². The maximum Gasteiger partial charge on any atom is 0.258 e. The number of nitrogens with zero attached hydrogens (tertiary/aromatic N) is 2. The molecule has 1 saturated heterocycles. The van der Waals surface area contributed by atoms with Crippen LogP contribution in [0.15, 0.2) is 0 Å². The average Bonchev–Trinajstić information content (AvgIpc) is 2.80. The van der Waals surface area contributed by atoms with E-state index in [-0.39, 0.29) is 12.0 Å². The highest BCUT2D eigenvalue weighted by Crippen LogP contribution is 2.26. The number of nitrogens with one attached hydrogen (secondary N) is 1. The van der Waals surface area contributed by atoms with Crippen LogP contribution >= 0.6 is 11.5 Å². The second-order valence-electron chi connectivity index (χ2n) is 4.69. The number of carbonyl (C=O) groups excluding carboxylic acids is 1. The Morgan fingerprint density at radius 1 is 1.63 bits per heavy atom. The van der Waals surface area contributed by atoms with E-state index in [9.17, 15) is 4.79 Å². The van der Waals surface area contributed by atoms with E-state index < -0.39 is 0 Å². The van der Waals surface area contributed by atoms with Crippen LogP contribution in [-0.4, -0.2) is 48.0 Å². The van der Waals surface area contributed by atoms with Crippen molar-refractivity contribution < 1.29 is 9.53 Å². The molecule has 19 heavy (non-hydrogen) atoms. The van der Waals surface area contributed by atoms with E-state index in [1.165, 1.54) is 11.5 Å². The van der Waals surface area contributed by atoms with Crippen molar-refractivity contribution in [1.82, 2.24) is 9.27 Å². The predicted molar refractivity (Wildman–Crippen MR) is 76.9 cm³/mol. The van der Waals surface area contributed by atoms with Gasteiger partial charge in [0.05, 0.1) is 17.4 Å². The molecular weight excluding hydrogens is 262 g/mol. The molecular formula is C13H21N3O2S. The number of ether oxygens (including phenoxy) is 1. The molecule has 1 aromatic rings. The van der Waals surface area contributed by atoms with Gasteiger partial charge in [0.25, 0.3) is 5.91 Å². The first-order valence-electron chi connectivity index (χ1n) is 6.72. The Labute approximate surface area is 118 Å². The molecule has 5 nitrogen and oxygen atoms in total. The molecule has 0 aliphatic carbocycles. The van der Waals surface area contributed by atoms with Crippen LogP contribution in [0.25, 0.3) is 0 Å². The van der Waals surface area contributed by atoms with Gasteiger partial charge in [0.1, 0.15) is 5.00 Å². The molecule has 1 fully saturated rings. The van der Waals surface area contributed by atoms with Crippen molar-refractivity contribution in [2.24, 2.45) is 0 Å². The minimum Gasteiger partial charge on any atom is -0.378 e. The lowest BCUT2D eigenvalue weighted by Crippen LogP contribution is -2.43. The van der Waals surface area contributed by atoms with Gasteiger partial charge in [-0.05, 0) is 38.2 Å². The van der Waals surface area contributed by atoms with Gasteiger partial charge in [0.2, 0.25) is 0 Å². The summed E-state index contributed by atoms with van der Waals surface area (Å²) in [5.41, 5.74) is 1.52. The molecule has 1 N–H and O–H groups in total. The number of aryl methyl sites for hydroxylation is 1. The Morgan fingerprint density at radius 3 is 3.11 bits per heavy atom. The summed E-state index contributed by atoms with van der Waals surface area (Å²) < 4.78 is 9.90. The highest BCUT2D eigenvalue weighted by atomic mass is 32.1. The Balaban J connectivity index is 2.12. The molecule has 1 atom stereocenters. The number of carbonyl (C=O) groups is 1. The summed E-state index contributed by atoms with van der Waals surface area (Å²) in [4.78, 5) is 14.5. The van der Waals surface area contributed by atoms with Gasteiger partial charge in [-0.15, -0.1) is 0 Å². The predicted octanol–water partition coefficient (Wildman–Crippen LogP) is 2.13. The van der Waals surface area contributed by atoms with Crippen LogP contribution in [-0.2, 0) is 4.74 Å². The Morgan fingerprint density at radius 2 is 2.42 bits per heavy atom. The number of rotatable bonds is 4. The summed E-state index contributed by atoms with van der Waals surface area (Å²) in [6, 6.07) is 0. The lowest BCUT2D eigenvalue weighted by molar-refractivity contribution is 0.00725. The summed E-state index contributed by atoms with van der Waals surface area (Å²) >= 11 is 1.34. The lowest BCUT2D eigenvalue weighted by Gasteiger charge is -2.32. The molecule has 0 spiro atoms. The normalized spacial score (nSPS) is 19.5. The number of likely N-dealkylation sites (tertiary alicyclic amines) is 1. The zero-order chi connectivity index (χ0) is 13.8. The fraction of sp³-hybridized carbons (Fsp3) is 0.692. The first-order chi connectivity index (χ1) is 9.17. The third kappa shape index (κ3) is 3.06. The SMILES string of the molecule is CCO[C@H]1CCCN(C(=O)c2c(C)nsc2NC)C1. The van der Waals surface area contributed by atoms with Gasteiger partial charge in [-0.3, -0.25) is 4.79 Å². The van der Waals surface area contributed by atoms with Crippen LogP contribution in [0.1, 0.15) is 35.8 Å². The summed E-state index contributed by atoms with van der Waals surface area (Å²) in [7, 11) is 1.82. The number of amides is 1. The fourth-order valence-corrected chi connectivity index (χ4v) is 3.18. The molecule has 1 aromatic heterocycles. The molecule has 106 valence electrons. The van der Waals surface area contributed by atoms with Crippen molar-refractivity contribution in [1.29, 1.82) is 0 Å². The zero-order valence-corrected chi connectivity index (χ0v) is 12.5. The largest absolute Gasteiger partial charge is 0.378 e. The van der Waals surface area contributed by atoms with Crippen LogP contribution in [0.2, 0.25) is 0 Å². The molecule has 0 unspecified atom stereocenters. The third-order valence-corrected chi connectivity index (χ3v) is 4.33. The van der Waals surface area contributed by atoms with Gasteiger partial charge in [0.15, 0.2) is 0 Å². The highest BCUT2D eigenvalue weighted by Gasteiger charge is 2.28. The molecule has 1 aliphatic heterocycles. The monoisotopic (exact) mass is 283 g/mol. The van der Waals surface area contributed by atoms with Gasteiger partial charge in [0, 0.05) is 26.7 Å². The summed E-state index contributed by atoms with van der Waals surface area (Å²) in [6.45, 7) is 6.07. The van der Waals surface area contributed by atoms with Crippen LogP contribution in [0, 0.1) is 6.92 Å². The minimum absolute atomic E-state index is 0.0694. The highest BCUT2D eigenvalue weighted by molar-refractivity contribution is 7.10. The zero-order valence-electron chi connectivity index (χ0n) is 11.7. The molecule has 1 amide bonds. The van der Waals surface area contributed by atoms with Crippen molar-refractivity contribution in [3.63, 3.8) is 0 Å². The Kier molecular flexibility index (Phi) is 4.76. The topological polar surface area (TPSA) is 54.5 Å². The molecule has 6 heteroatoms. The number of hydrogen-bond acceptors (Lipinski definition) is 5. The van der Waals surface area contributed by atoms with Crippen LogP contribution < -0.4 is 5.32 Å². The van der Waals surface area contributed by atoms with E-state index in [4.69, 9.17) is 4.74 Å². The van der Waals surface area contributed by atoms with Crippen LogP contribution in [0.4, 0.5) is 5.00 Å². The van der Waals surface area contributed by atoms with Gasteiger partial charge in [-0.1, -0.05) is 0 Å². The van der Waals surface area contributed by atoms with Crippen LogP contribution in [0.5, 0.6) is 0 Å². The second-order valence-corrected chi connectivity index (χ2v) is 5.47. The van der Waals surface area contributed by atoms with Gasteiger partial charge in [-0.2, -0.15) is 4.37 Å².